The lowest BCUT2D eigenvalue weighted by molar-refractivity contribution is 0.113. The highest BCUT2D eigenvalue weighted by atomic mass is 32.2. The molecule has 0 spiro atoms. The molecule has 0 aliphatic heterocycles. The topological polar surface area (TPSA) is 61.7 Å². The Morgan fingerprint density at radius 1 is 1.40 bits per heavy atom. The molecule has 2 atom stereocenters. The lowest BCUT2D eigenvalue weighted by Gasteiger charge is -2.21. The number of benzene rings is 1. The van der Waals surface area contributed by atoms with Crippen molar-refractivity contribution in [3.63, 3.8) is 0 Å². The zero-order valence-corrected chi connectivity index (χ0v) is 13.2. The van der Waals surface area contributed by atoms with Gasteiger partial charge in [-0.05, 0) is 32.0 Å². The number of methoxy groups -OCH3 is 1. The zero-order chi connectivity index (χ0) is 15.0. The molecule has 0 fully saturated rings. The molecule has 0 saturated carbocycles. The van der Waals surface area contributed by atoms with E-state index in [1.54, 1.807) is 18.9 Å². The predicted octanol–water partition coefficient (Wildman–Crippen LogP) is 2.20. The van der Waals surface area contributed by atoms with Crippen LogP contribution in [0.25, 0.3) is 0 Å². The summed E-state index contributed by atoms with van der Waals surface area (Å²) in [6.45, 7) is 4.98. The van der Waals surface area contributed by atoms with Gasteiger partial charge in [0.05, 0.1) is 19.8 Å². The van der Waals surface area contributed by atoms with E-state index < -0.39 is 6.10 Å². The zero-order valence-electron chi connectivity index (χ0n) is 12.4. The first-order chi connectivity index (χ1) is 9.63. The maximum absolute atomic E-state index is 9.50. The highest BCUT2D eigenvalue weighted by Gasteiger charge is 2.16. The molecule has 0 amide bonds. The number of aliphatic hydroxyl groups is 2. The molecule has 20 heavy (non-hydrogen) atoms. The first kappa shape index (κ1) is 17.3. The van der Waals surface area contributed by atoms with Crippen molar-refractivity contribution in [2.24, 2.45) is 0 Å². The minimum absolute atomic E-state index is 0.180. The van der Waals surface area contributed by atoms with Crippen molar-refractivity contribution in [3.8, 4) is 5.75 Å². The van der Waals surface area contributed by atoms with E-state index in [0.29, 0.717) is 5.75 Å². The lowest BCUT2D eigenvalue weighted by Crippen LogP contribution is -2.21. The van der Waals surface area contributed by atoms with Crippen molar-refractivity contribution in [3.05, 3.63) is 23.8 Å². The number of ether oxygens (including phenoxy) is 1. The van der Waals surface area contributed by atoms with E-state index in [2.05, 4.69) is 19.2 Å². The smallest absolute Gasteiger partial charge is 0.124 e. The Balaban J connectivity index is 2.91. The molecule has 5 heteroatoms. The van der Waals surface area contributed by atoms with Gasteiger partial charge in [0.15, 0.2) is 0 Å². The van der Waals surface area contributed by atoms with Gasteiger partial charge in [0.1, 0.15) is 5.75 Å². The Bertz CT molecular complexity index is 401. The van der Waals surface area contributed by atoms with Crippen LogP contribution in [-0.2, 0) is 0 Å². The molecule has 4 nitrogen and oxygen atoms in total. The Hall–Kier alpha value is -0.750. The fraction of sp³-hybridized carbons (Fsp3) is 0.600. The number of thioether (sulfide) groups is 1. The van der Waals surface area contributed by atoms with Crippen LogP contribution in [0.4, 0.5) is 0 Å². The van der Waals surface area contributed by atoms with Gasteiger partial charge in [0, 0.05) is 22.3 Å². The first-order valence-electron chi connectivity index (χ1n) is 6.96. The first-order valence-corrected chi connectivity index (χ1v) is 7.94. The summed E-state index contributed by atoms with van der Waals surface area (Å²) >= 11 is 1.54. The van der Waals surface area contributed by atoms with E-state index >= 15 is 0 Å². The minimum Gasteiger partial charge on any atom is -0.496 e. The molecule has 114 valence electrons. The lowest BCUT2D eigenvalue weighted by atomic mass is 10.1. The number of hydrogen-bond acceptors (Lipinski definition) is 5. The SMILES string of the molecule is CCCNC(C)c1c(OC)cccc1SCC(O)CO. The van der Waals surface area contributed by atoms with Gasteiger partial charge in [-0.3, -0.25) is 0 Å². The summed E-state index contributed by atoms with van der Waals surface area (Å²) in [6, 6.07) is 6.10. The Kier molecular flexibility index (Phi) is 7.99. The summed E-state index contributed by atoms with van der Waals surface area (Å²) in [5.41, 5.74) is 1.11. The van der Waals surface area contributed by atoms with Crippen LogP contribution in [0.1, 0.15) is 31.9 Å². The third-order valence-corrected chi connectivity index (χ3v) is 4.24. The van der Waals surface area contributed by atoms with Gasteiger partial charge in [-0.2, -0.15) is 0 Å². The van der Waals surface area contributed by atoms with Gasteiger partial charge >= 0.3 is 0 Å². The molecule has 1 aromatic carbocycles. The van der Waals surface area contributed by atoms with Crippen molar-refractivity contribution in [2.75, 3.05) is 26.0 Å². The summed E-state index contributed by atoms with van der Waals surface area (Å²) in [4.78, 5) is 1.08. The van der Waals surface area contributed by atoms with Gasteiger partial charge < -0.3 is 20.3 Å². The van der Waals surface area contributed by atoms with Gasteiger partial charge in [-0.1, -0.05) is 13.0 Å². The molecule has 3 N–H and O–H groups in total. The van der Waals surface area contributed by atoms with Gasteiger partial charge in [0.25, 0.3) is 0 Å². The maximum Gasteiger partial charge on any atom is 0.124 e. The monoisotopic (exact) mass is 299 g/mol. The van der Waals surface area contributed by atoms with Crippen LogP contribution < -0.4 is 10.1 Å². The van der Waals surface area contributed by atoms with Crippen molar-refractivity contribution in [1.29, 1.82) is 0 Å². The second kappa shape index (κ2) is 9.23. The second-order valence-electron chi connectivity index (χ2n) is 4.70. The van der Waals surface area contributed by atoms with E-state index in [1.165, 1.54) is 0 Å². The number of aliphatic hydroxyl groups excluding tert-OH is 2. The third-order valence-electron chi connectivity index (χ3n) is 3.02. The van der Waals surface area contributed by atoms with Crippen LogP contribution in [0, 0.1) is 0 Å². The van der Waals surface area contributed by atoms with Crippen molar-refractivity contribution in [1.82, 2.24) is 5.32 Å². The summed E-state index contributed by atoms with van der Waals surface area (Å²) < 4.78 is 5.46. The van der Waals surface area contributed by atoms with Gasteiger partial charge in [-0.15, -0.1) is 11.8 Å². The highest BCUT2D eigenvalue weighted by molar-refractivity contribution is 7.99. The predicted molar refractivity (Wildman–Crippen MR) is 83.5 cm³/mol. The van der Waals surface area contributed by atoms with Gasteiger partial charge in [0.2, 0.25) is 0 Å². The summed E-state index contributed by atoms with van der Waals surface area (Å²) in [5.74, 6) is 1.32. The van der Waals surface area contributed by atoms with Crippen molar-refractivity contribution < 1.29 is 14.9 Å². The summed E-state index contributed by atoms with van der Waals surface area (Å²) in [6.07, 6.45) is 0.378. The van der Waals surface area contributed by atoms with E-state index in [1.807, 2.05) is 18.2 Å². The molecule has 0 aliphatic rings. The van der Waals surface area contributed by atoms with Crippen LogP contribution in [-0.4, -0.2) is 42.3 Å². The molecule has 0 radical (unpaired) electrons. The molecule has 0 heterocycles. The Morgan fingerprint density at radius 2 is 2.15 bits per heavy atom. The third kappa shape index (κ3) is 4.98. The highest BCUT2D eigenvalue weighted by Crippen LogP contribution is 2.35. The molecule has 0 aromatic heterocycles. The average molecular weight is 299 g/mol. The molecule has 1 aromatic rings. The van der Waals surface area contributed by atoms with E-state index in [9.17, 15) is 5.11 Å². The number of hydrogen-bond donors (Lipinski definition) is 3. The molecule has 0 bridgehead atoms. The number of rotatable bonds is 9. The Morgan fingerprint density at radius 3 is 2.75 bits per heavy atom. The standard InChI is InChI=1S/C15H25NO3S/c1-4-8-16-11(2)15-13(19-3)6-5-7-14(15)20-10-12(18)9-17/h5-7,11-12,16-18H,4,8-10H2,1-3H3. The number of nitrogens with one attached hydrogen (secondary N) is 1. The second-order valence-corrected chi connectivity index (χ2v) is 5.76. The maximum atomic E-state index is 9.50. The van der Waals surface area contributed by atoms with Crippen molar-refractivity contribution in [2.45, 2.75) is 37.3 Å². The molecule has 0 aliphatic carbocycles. The van der Waals surface area contributed by atoms with Crippen LogP contribution in [0.3, 0.4) is 0 Å². The molecule has 2 unspecified atom stereocenters. The van der Waals surface area contributed by atoms with Crippen LogP contribution in [0.15, 0.2) is 23.1 Å². The van der Waals surface area contributed by atoms with E-state index in [-0.39, 0.29) is 12.6 Å². The fourth-order valence-electron chi connectivity index (χ4n) is 1.96. The Labute approximate surface area is 125 Å². The molecular weight excluding hydrogens is 274 g/mol. The van der Waals surface area contributed by atoms with Crippen LogP contribution in [0.5, 0.6) is 5.75 Å². The molecular formula is C15H25NO3S. The summed E-state index contributed by atoms with van der Waals surface area (Å²) in [5, 5.41) is 21.9. The normalized spacial score (nSPS) is 14.1. The molecule has 0 saturated heterocycles. The quantitative estimate of drug-likeness (QED) is 0.610. The van der Waals surface area contributed by atoms with E-state index in [0.717, 1.165) is 29.2 Å². The van der Waals surface area contributed by atoms with E-state index in [4.69, 9.17) is 9.84 Å². The van der Waals surface area contributed by atoms with Crippen LogP contribution in [0.2, 0.25) is 0 Å². The van der Waals surface area contributed by atoms with Gasteiger partial charge in [-0.25, -0.2) is 0 Å². The fourth-order valence-corrected chi connectivity index (χ4v) is 3.04. The largest absolute Gasteiger partial charge is 0.496 e. The average Bonchev–Trinajstić information content (AvgIpc) is 2.49. The summed E-state index contributed by atoms with van der Waals surface area (Å²) in [7, 11) is 1.67. The van der Waals surface area contributed by atoms with Crippen molar-refractivity contribution >= 4 is 11.8 Å². The molecule has 1 rings (SSSR count). The van der Waals surface area contributed by atoms with Crippen LogP contribution >= 0.6 is 11.8 Å². The minimum atomic E-state index is -0.696.